The zero-order chi connectivity index (χ0) is 16.7. The molecule has 0 radical (unpaired) electrons. The predicted octanol–water partition coefficient (Wildman–Crippen LogP) is 3.11. The molecule has 120 valence electrons. The van der Waals surface area contributed by atoms with Crippen LogP contribution in [0.25, 0.3) is 0 Å². The molecule has 22 heavy (non-hydrogen) atoms. The third-order valence-corrected chi connectivity index (χ3v) is 2.99. The highest BCUT2D eigenvalue weighted by Gasteiger charge is 2.03. The van der Waals surface area contributed by atoms with E-state index < -0.39 is 13.0 Å². The maximum absolute atomic E-state index is 11.8. The van der Waals surface area contributed by atoms with Crippen LogP contribution in [-0.4, -0.2) is 22.9 Å². The molecule has 7 N–H and O–H groups in total. The van der Waals surface area contributed by atoms with Crippen LogP contribution in [0.1, 0.15) is 0 Å². The second-order valence-corrected chi connectivity index (χ2v) is 5.83. The lowest BCUT2D eigenvalue weighted by Gasteiger charge is -2.05. The van der Waals surface area contributed by atoms with Gasteiger partial charge < -0.3 is 22.5 Å². The summed E-state index contributed by atoms with van der Waals surface area (Å²) >= 11 is 6.39. The number of halogens is 4. The van der Waals surface area contributed by atoms with Gasteiger partial charge in [0.1, 0.15) is 23.3 Å². The first kappa shape index (κ1) is 18.4. The molecule has 10 heteroatoms. The Bertz CT molecular complexity index is 556. The van der Waals surface area contributed by atoms with Gasteiger partial charge >= 0.3 is 0 Å². The number of aromatic nitrogens is 2. The third kappa shape index (κ3) is 7.36. The van der Waals surface area contributed by atoms with Crippen LogP contribution in [0.3, 0.4) is 0 Å². The van der Waals surface area contributed by atoms with Gasteiger partial charge in [-0.3, -0.25) is 0 Å². The summed E-state index contributed by atoms with van der Waals surface area (Å²) in [6.07, 6.45) is -2.40. The first-order chi connectivity index (χ1) is 10.3. The molecular formula is C12H14Br2F2N6. The molecule has 0 spiro atoms. The second-order valence-electron chi connectivity index (χ2n) is 4.00. The lowest BCUT2D eigenvalue weighted by Crippen LogP contribution is -2.11. The standard InChI is InChI=1S/C7H8BrF2N3.C5H6BrN3/c8-4-1-6(11)13-7(2-4)12-3-5(9)10;6-3-1-4(7)9-5(8)2-3/h1-2,5H,3H2,(H3,11,12,13);1-2H,(H4,7,8,9). The van der Waals surface area contributed by atoms with Gasteiger partial charge in [0.25, 0.3) is 6.43 Å². The summed E-state index contributed by atoms with van der Waals surface area (Å²) < 4.78 is 25.1. The first-order valence-corrected chi connectivity index (χ1v) is 7.48. The summed E-state index contributed by atoms with van der Waals surface area (Å²) in [7, 11) is 0. The van der Waals surface area contributed by atoms with E-state index in [9.17, 15) is 8.78 Å². The minimum atomic E-state index is -2.40. The minimum absolute atomic E-state index is 0.283. The third-order valence-electron chi connectivity index (χ3n) is 2.08. The highest BCUT2D eigenvalue weighted by atomic mass is 79.9. The Morgan fingerprint density at radius 1 is 0.909 bits per heavy atom. The molecule has 2 aromatic rings. The number of alkyl halides is 2. The quantitative estimate of drug-likeness (QED) is 0.583. The Morgan fingerprint density at radius 3 is 1.77 bits per heavy atom. The molecule has 0 fully saturated rings. The van der Waals surface area contributed by atoms with Crippen LogP contribution in [0.5, 0.6) is 0 Å². The number of nitrogens with zero attached hydrogens (tertiary/aromatic N) is 2. The van der Waals surface area contributed by atoms with E-state index in [0.717, 1.165) is 4.47 Å². The van der Waals surface area contributed by atoms with Gasteiger partial charge in [-0.1, -0.05) is 31.9 Å². The number of hydrogen-bond acceptors (Lipinski definition) is 6. The average Bonchev–Trinajstić information content (AvgIpc) is 2.34. The van der Waals surface area contributed by atoms with Crippen molar-refractivity contribution in [1.29, 1.82) is 0 Å². The van der Waals surface area contributed by atoms with Crippen LogP contribution in [0.4, 0.5) is 32.1 Å². The molecule has 0 atom stereocenters. The molecular weight excluding hydrogens is 426 g/mol. The lowest BCUT2D eigenvalue weighted by atomic mass is 10.4. The van der Waals surface area contributed by atoms with Crippen LogP contribution >= 0.6 is 31.9 Å². The Labute approximate surface area is 142 Å². The van der Waals surface area contributed by atoms with Crippen LogP contribution < -0.4 is 22.5 Å². The lowest BCUT2D eigenvalue weighted by molar-refractivity contribution is 0.163. The topological polar surface area (TPSA) is 116 Å². The first-order valence-electron chi connectivity index (χ1n) is 5.90. The highest BCUT2D eigenvalue weighted by Crippen LogP contribution is 2.17. The molecule has 2 aromatic heterocycles. The Morgan fingerprint density at radius 2 is 1.36 bits per heavy atom. The van der Waals surface area contributed by atoms with Crippen molar-refractivity contribution in [2.24, 2.45) is 0 Å². The Hall–Kier alpha value is -1.68. The van der Waals surface area contributed by atoms with Gasteiger partial charge in [0.2, 0.25) is 0 Å². The van der Waals surface area contributed by atoms with Crippen molar-refractivity contribution >= 4 is 55.1 Å². The summed E-state index contributed by atoms with van der Waals surface area (Å²) in [4.78, 5) is 7.57. The maximum atomic E-state index is 11.8. The van der Waals surface area contributed by atoms with Crippen LogP contribution in [0, 0.1) is 0 Å². The number of anilines is 4. The molecule has 0 aliphatic rings. The van der Waals surface area contributed by atoms with Crippen LogP contribution in [0.15, 0.2) is 33.2 Å². The maximum Gasteiger partial charge on any atom is 0.255 e. The highest BCUT2D eigenvalue weighted by molar-refractivity contribution is 9.10. The van der Waals surface area contributed by atoms with Crippen molar-refractivity contribution in [3.63, 3.8) is 0 Å². The van der Waals surface area contributed by atoms with Gasteiger partial charge in [0.15, 0.2) is 0 Å². The van der Waals surface area contributed by atoms with Crippen LogP contribution in [0.2, 0.25) is 0 Å². The van der Waals surface area contributed by atoms with Gasteiger partial charge in [-0.15, -0.1) is 0 Å². The van der Waals surface area contributed by atoms with E-state index in [1.807, 2.05) is 0 Å². The molecule has 2 rings (SSSR count). The van der Waals surface area contributed by atoms with Gasteiger partial charge in [0, 0.05) is 8.95 Å². The van der Waals surface area contributed by atoms with Gasteiger partial charge in [-0.05, 0) is 24.3 Å². The fourth-order valence-electron chi connectivity index (χ4n) is 1.33. The molecule has 0 saturated carbocycles. The number of nitrogen functional groups attached to an aromatic ring is 3. The molecule has 6 nitrogen and oxygen atoms in total. The largest absolute Gasteiger partial charge is 0.384 e. The van der Waals surface area contributed by atoms with Gasteiger partial charge in [-0.25, -0.2) is 18.7 Å². The number of pyridine rings is 2. The molecule has 0 aliphatic heterocycles. The van der Waals surface area contributed by atoms with E-state index in [1.165, 1.54) is 0 Å². The zero-order valence-electron chi connectivity index (χ0n) is 11.2. The number of nitrogens with two attached hydrogens (primary N) is 3. The van der Waals surface area contributed by atoms with Crippen molar-refractivity contribution in [1.82, 2.24) is 9.97 Å². The Kier molecular flexibility index (Phi) is 7.25. The summed E-state index contributed by atoms with van der Waals surface area (Å²) in [5, 5.41) is 2.45. The second kappa shape index (κ2) is 8.69. The smallest absolute Gasteiger partial charge is 0.255 e. The molecule has 2 heterocycles. The van der Waals surface area contributed by atoms with Crippen molar-refractivity contribution in [3.05, 3.63) is 33.2 Å². The van der Waals surface area contributed by atoms with E-state index in [0.29, 0.717) is 21.9 Å². The summed E-state index contributed by atoms with van der Waals surface area (Å²) in [6, 6.07) is 6.55. The minimum Gasteiger partial charge on any atom is -0.384 e. The fraction of sp³-hybridized carbons (Fsp3) is 0.167. The zero-order valence-corrected chi connectivity index (χ0v) is 14.4. The van der Waals surface area contributed by atoms with Crippen LogP contribution in [-0.2, 0) is 0 Å². The van der Waals surface area contributed by atoms with Crippen molar-refractivity contribution in [3.8, 4) is 0 Å². The summed E-state index contributed by atoms with van der Waals surface area (Å²) in [6.45, 7) is -0.428. The van der Waals surface area contributed by atoms with E-state index in [4.69, 9.17) is 17.2 Å². The van der Waals surface area contributed by atoms with Gasteiger partial charge in [0.05, 0.1) is 6.54 Å². The molecule has 0 aromatic carbocycles. The molecule has 0 bridgehead atoms. The van der Waals surface area contributed by atoms with E-state index in [-0.39, 0.29) is 5.82 Å². The monoisotopic (exact) mass is 438 g/mol. The normalized spacial score (nSPS) is 10.0. The van der Waals surface area contributed by atoms with Gasteiger partial charge in [-0.2, -0.15) is 0 Å². The number of rotatable bonds is 3. The van der Waals surface area contributed by atoms with E-state index >= 15 is 0 Å². The van der Waals surface area contributed by atoms with Crippen molar-refractivity contribution in [2.45, 2.75) is 6.43 Å². The summed E-state index contributed by atoms with van der Waals surface area (Å²) in [5.74, 6) is 1.49. The molecule has 0 saturated heterocycles. The molecule has 0 unspecified atom stereocenters. The average molecular weight is 440 g/mol. The van der Waals surface area contributed by atoms with E-state index in [1.54, 1.807) is 24.3 Å². The molecule has 0 amide bonds. The predicted molar refractivity (Wildman–Crippen MR) is 91.6 cm³/mol. The fourth-order valence-corrected chi connectivity index (χ4v) is 2.25. The molecule has 0 aliphatic carbocycles. The summed E-state index contributed by atoms with van der Waals surface area (Å²) in [5.41, 5.74) is 16.1. The van der Waals surface area contributed by atoms with Crippen molar-refractivity contribution < 1.29 is 8.78 Å². The SMILES string of the molecule is Nc1cc(Br)cc(N)n1.Nc1cc(Br)cc(NCC(F)F)n1. The Balaban J connectivity index is 0.000000235. The van der Waals surface area contributed by atoms with E-state index in [2.05, 4.69) is 47.1 Å². The number of hydrogen-bond donors (Lipinski definition) is 4. The van der Waals surface area contributed by atoms with Crippen molar-refractivity contribution in [2.75, 3.05) is 29.1 Å². The number of nitrogens with one attached hydrogen (secondary N) is 1.